The van der Waals surface area contributed by atoms with Gasteiger partial charge < -0.3 is 4.90 Å². The second-order valence-corrected chi connectivity index (χ2v) is 11.4. The van der Waals surface area contributed by atoms with E-state index in [4.69, 9.17) is 10.1 Å². The van der Waals surface area contributed by atoms with E-state index >= 15 is 0 Å². The molecule has 0 spiro atoms. The summed E-state index contributed by atoms with van der Waals surface area (Å²) >= 11 is 1.29. The molecule has 8 nitrogen and oxygen atoms in total. The second kappa shape index (κ2) is 10.9. The largest absolute Gasteiger partial charge is 0.306 e. The van der Waals surface area contributed by atoms with E-state index in [0.717, 1.165) is 16.9 Å². The van der Waals surface area contributed by atoms with Gasteiger partial charge in [0.15, 0.2) is 11.4 Å². The molecule has 5 aromatic rings. The molecule has 1 amide bonds. The van der Waals surface area contributed by atoms with Crippen molar-refractivity contribution in [3.8, 4) is 16.9 Å². The maximum atomic E-state index is 13.8. The molecule has 1 aliphatic heterocycles. The van der Waals surface area contributed by atoms with Crippen LogP contribution in [0.3, 0.4) is 0 Å². The van der Waals surface area contributed by atoms with Gasteiger partial charge in [-0.2, -0.15) is 5.10 Å². The van der Waals surface area contributed by atoms with E-state index < -0.39 is 0 Å². The number of amides is 1. The molecule has 2 aromatic heterocycles. The first-order valence-corrected chi connectivity index (χ1v) is 14.5. The Kier molecular flexibility index (Phi) is 7.07. The Labute approximate surface area is 245 Å². The lowest BCUT2D eigenvalue weighted by molar-refractivity contribution is -0.112. The lowest BCUT2D eigenvalue weighted by Crippen LogP contribution is -2.33. The Balaban J connectivity index is 1.58. The molecule has 0 fully saturated rings. The van der Waals surface area contributed by atoms with Crippen LogP contribution in [0.5, 0.6) is 0 Å². The number of hydrogen-bond donors (Lipinski definition) is 0. The maximum Gasteiger partial charge on any atom is 0.297 e. The number of fused-ring (bicyclic) bond motifs is 1. The van der Waals surface area contributed by atoms with E-state index in [0.29, 0.717) is 28.3 Å². The molecule has 6 rings (SSSR count). The number of rotatable bonds is 6. The van der Waals surface area contributed by atoms with Crippen LogP contribution in [0.1, 0.15) is 25.1 Å². The van der Waals surface area contributed by atoms with Crippen molar-refractivity contribution in [2.24, 2.45) is 23.1 Å². The topological polar surface area (TPSA) is 76.9 Å². The van der Waals surface area contributed by atoms with Gasteiger partial charge in [0.25, 0.3) is 11.5 Å². The van der Waals surface area contributed by atoms with Gasteiger partial charge in [0.1, 0.15) is 5.82 Å². The van der Waals surface area contributed by atoms with Crippen LogP contribution in [-0.2, 0) is 11.8 Å². The zero-order valence-corrected chi connectivity index (χ0v) is 24.5. The molecule has 0 radical (unpaired) electrons. The van der Waals surface area contributed by atoms with Crippen LogP contribution in [0.15, 0.2) is 99.1 Å². The van der Waals surface area contributed by atoms with Gasteiger partial charge >= 0.3 is 0 Å². The molecule has 0 atom stereocenters. The quantitative estimate of drug-likeness (QED) is 0.261. The van der Waals surface area contributed by atoms with Gasteiger partial charge in [0.2, 0.25) is 4.80 Å². The molecular weight excluding hydrogens is 551 g/mol. The maximum absolute atomic E-state index is 13.8. The Morgan fingerprint density at radius 2 is 1.62 bits per heavy atom. The van der Waals surface area contributed by atoms with Crippen LogP contribution in [0.25, 0.3) is 16.9 Å². The molecule has 3 heterocycles. The lowest BCUT2D eigenvalue weighted by atomic mass is 10.1. The summed E-state index contributed by atoms with van der Waals surface area (Å²) in [5, 5.41) is 6.74. The number of nitrogens with zero attached hydrogens (tertiary/aromatic N) is 6. The molecular formula is C32H29FN6O2S. The summed E-state index contributed by atoms with van der Waals surface area (Å²) in [6.07, 6.45) is 0. The van der Waals surface area contributed by atoms with Gasteiger partial charge in [-0.1, -0.05) is 50.2 Å². The van der Waals surface area contributed by atoms with Gasteiger partial charge in [-0.25, -0.2) is 18.7 Å². The molecule has 0 aliphatic carbocycles. The third-order valence-electron chi connectivity index (χ3n) is 7.20. The highest BCUT2D eigenvalue weighted by Crippen LogP contribution is 2.31. The van der Waals surface area contributed by atoms with E-state index in [-0.39, 0.29) is 34.6 Å². The first kappa shape index (κ1) is 27.3. The van der Waals surface area contributed by atoms with Gasteiger partial charge in [-0.15, -0.1) is 11.3 Å². The van der Waals surface area contributed by atoms with Crippen LogP contribution >= 0.6 is 11.3 Å². The SMILES string of the molecule is Cc1c(N=c2scc(-c3ccc(F)cc3)n2N=C2C(=O)N(CC(C)C)c3ccccc32)c(=O)n(-c2ccccc2)n1C. The summed E-state index contributed by atoms with van der Waals surface area (Å²) in [6.45, 7) is 6.51. The van der Waals surface area contributed by atoms with E-state index in [9.17, 15) is 14.0 Å². The predicted octanol–water partition coefficient (Wildman–Crippen LogP) is 5.64. The molecule has 42 heavy (non-hydrogen) atoms. The van der Waals surface area contributed by atoms with Crippen molar-refractivity contribution in [3.05, 3.63) is 116 Å². The molecule has 0 unspecified atom stereocenters. The molecule has 1 aliphatic rings. The van der Waals surface area contributed by atoms with Crippen LogP contribution < -0.4 is 15.3 Å². The smallest absolute Gasteiger partial charge is 0.297 e. The summed E-state index contributed by atoms with van der Waals surface area (Å²) in [6, 6.07) is 23.0. The normalized spacial score (nSPS) is 14.4. The third-order valence-corrected chi connectivity index (χ3v) is 8.02. The number of carbonyl (C=O) groups excluding carboxylic acids is 1. The second-order valence-electron chi connectivity index (χ2n) is 10.5. The Hall–Kier alpha value is -4.83. The standard InChI is InChI=1S/C32H29FN6O2S/c1-20(2)18-37-26-13-9-8-12-25(26)29(30(37)40)35-38-27(22-14-16-23(33)17-15-22)19-42-32(38)34-28-21(3)36(4)39(31(28)41)24-10-6-5-7-11-24/h5-17,19-20H,18H2,1-4H3. The zero-order chi connectivity index (χ0) is 29.5. The highest BCUT2D eigenvalue weighted by molar-refractivity contribution is 7.07. The number of aromatic nitrogens is 3. The average Bonchev–Trinajstić information content (AvgIpc) is 3.57. The van der Waals surface area contributed by atoms with Crippen molar-refractivity contribution in [1.29, 1.82) is 0 Å². The van der Waals surface area contributed by atoms with Gasteiger partial charge in [0, 0.05) is 30.1 Å². The van der Waals surface area contributed by atoms with E-state index in [1.54, 1.807) is 31.1 Å². The fourth-order valence-corrected chi connectivity index (χ4v) is 5.91. The molecule has 10 heteroatoms. The fourth-order valence-electron chi connectivity index (χ4n) is 5.08. The van der Waals surface area contributed by atoms with E-state index in [1.807, 2.05) is 73.9 Å². The summed E-state index contributed by atoms with van der Waals surface area (Å²) in [5.74, 6) is -0.312. The van der Waals surface area contributed by atoms with Gasteiger partial charge in [0.05, 0.1) is 22.8 Å². The van der Waals surface area contributed by atoms with Gasteiger partial charge in [-0.3, -0.25) is 14.3 Å². The van der Waals surface area contributed by atoms with Gasteiger partial charge in [-0.05, 0) is 55.3 Å². The molecule has 0 saturated heterocycles. The minimum absolute atomic E-state index is 0.207. The van der Waals surface area contributed by atoms with Crippen LogP contribution in [0.2, 0.25) is 0 Å². The number of anilines is 1. The van der Waals surface area contributed by atoms with Crippen molar-refractivity contribution < 1.29 is 9.18 Å². The summed E-state index contributed by atoms with van der Waals surface area (Å²) in [7, 11) is 1.81. The molecule has 0 bridgehead atoms. The first-order valence-electron chi connectivity index (χ1n) is 13.6. The van der Waals surface area contributed by atoms with Crippen LogP contribution in [0.4, 0.5) is 15.8 Å². The van der Waals surface area contributed by atoms with E-state index in [2.05, 4.69) is 13.8 Å². The minimum atomic E-state index is -0.359. The Bertz CT molecular complexity index is 1960. The summed E-state index contributed by atoms with van der Waals surface area (Å²) in [4.78, 5) is 34.4. The monoisotopic (exact) mass is 580 g/mol. The minimum Gasteiger partial charge on any atom is -0.306 e. The predicted molar refractivity (Wildman–Crippen MR) is 164 cm³/mol. The molecule has 3 aromatic carbocycles. The van der Waals surface area contributed by atoms with Crippen molar-refractivity contribution in [2.45, 2.75) is 20.8 Å². The Morgan fingerprint density at radius 3 is 2.33 bits per heavy atom. The lowest BCUT2D eigenvalue weighted by Gasteiger charge is -2.18. The average molecular weight is 581 g/mol. The number of para-hydroxylation sites is 2. The number of hydrogen-bond acceptors (Lipinski definition) is 5. The number of halogens is 1. The van der Waals surface area contributed by atoms with E-state index in [1.165, 1.54) is 23.5 Å². The van der Waals surface area contributed by atoms with Crippen LogP contribution in [0, 0.1) is 18.7 Å². The number of thiazole rings is 1. The van der Waals surface area contributed by atoms with Crippen molar-refractivity contribution >= 4 is 34.3 Å². The fraction of sp³-hybridized carbons (Fsp3) is 0.188. The highest BCUT2D eigenvalue weighted by Gasteiger charge is 2.34. The van der Waals surface area contributed by atoms with Crippen molar-refractivity contribution in [3.63, 3.8) is 0 Å². The zero-order valence-electron chi connectivity index (χ0n) is 23.7. The highest BCUT2D eigenvalue weighted by atomic mass is 32.1. The molecule has 0 saturated carbocycles. The molecule has 212 valence electrons. The summed E-state index contributed by atoms with van der Waals surface area (Å²) < 4.78 is 18.7. The number of carbonyl (C=O) groups is 1. The first-order chi connectivity index (χ1) is 20.2. The Morgan fingerprint density at radius 1 is 0.929 bits per heavy atom. The van der Waals surface area contributed by atoms with Crippen LogP contribution in [-0.4, -0.2) is 32.2 Å². The van der Waals surface area contributed by atoms with Crippen molar-refractivity contribution in [2.75, 3.05) is 11.4 Å². The third kappa shape index (κ3) is 4.73. The summed E-state index contributed by atoms with van der Waals surface area (Å²) in [5.41, 5.74) is 4.51. The molecule has 0 N–H and O–H groups in total. The number of benzene rings is 3. The van der Waals surface area contributed by atoms with Crippen molar-refractivity contribution in [1.82, 2.24) is 14.0 Å².